The van der Waals surface area contributed by atoms with Gasteiger partial charge in [0.25, 0.3) is 5.56 Å². The molecule has 1 aromatic heterocycles. The molecule has 0 amide bonds. The van der Waals surface area contributed by atoms with E-state index in [1.165, 1.54) is 0 Å². The number of alkyl halides is 1. The third kappa shape index (κ3) is 4.12. The number of methoxy groups -OCH3 is 1. The SMILES string of the molecule is COc1cccc2c(=O)n(CCCI)c(COc3ccc(Cl)cc3)nc12. The molecule has 5 nitrogen and oxygen atoms in total. The van der Waals surface area contributed by atoms with Crippen molar-refractivity contribution in [2.24, 2.45) is 0 Å². The minimum absolute atomic E-state index is 0.0755. The zero-order chi connectivity index (χ0) is 18.5. The van der Waals surface area contributed by atoms with Crippen LogP contribution >= 0.6 is 34.2 Å². The summed E-state index contributed by atoms with van der Waals surface area (Å²) >= 11 is 8.20. The van der Waals surface area contributed by atoms with E-state index in [1.54, 1.807) is 54.1 Å². The first kappa shape index (κ1) is 19.0. The number of hydrogen-bond acceptors (Lipinski definition) is 4. The van der Waals surface area contributed by atoms with Crippen LogP contribution in [0.15, 0.2) is 47.3 Å². The largest absolute Gasteiger partial charge is 0.494 e. The summed E-state index contributed by atoms with van der Waals surface area (Å²) in [5.74, 6) is 1.82. The third-order valence-corrected chi connectivity index (χ3v) is 4.96. The maximum Gasteiger partial charge on any atom is 0.261 e. The standard InChI is InChI=1S/C19H18ClIN2O3/c1-25-16-5-2-4-15-18(16)22-17(23(19(15)24)11-3-10-21)12-26-14-8-6-13(20)7-9-14/h2,4-9H,3,10-12H2,1H3. The zero-order valence-corrected chi connectivity index (χ0v) is 17.2. The van der Waals surface area contributed by atoms with Crippen molar-refractivity contribution in [1.82, 2.24) is 9.55 Å². The van der Waals surface area contributed by atoms with Gasteiger partial charge in [0, 0.05) is 16.0 Å². The number of aromatic nitrogens is 2. The molecule has 0 bridgehead atoms. The van der Waals surface area contributed by atoms with Gasteiger partial charge in [-0.1, -0.05) is 40.3 Å². The fourth-order valence-corrected chi connectivity index (χ4v) is 3.13. The first-order valence-corrected chi connectivity index (χ1v) is 10.0. The fourth-order valence-electron chi connectivity index (χ4n) is 2.66. The molecule has 26 heavy (non-hydrogen) atoms. The first-order chi connectivity index (χ1) is 12.6. The summed E-state index contributed by atoms with van der Waals surface area (Å²) in [4.78, 5) is 17.6. The molecule has 0 saturated heterocycles. The van der Waals surface area contributed by atoms with E-state index in [9.17, 15) is 4.79 Å². The average Bonchev–Trinajstić information content (AvgIpc) is 2.66. The predicted molar refractivity (Wildman–Crippen MR) is 112 cm³/mol. The van der Waals surface area contributed by atoms with E-state index in [1.807, 2.05) is 0 Å². The summed E-state index contributed by atoms with van der Waals surface area (Å²) in [6, 6.07) is 12.5. The molecule has 0 spiro atoms. The number of benzene rings is 2. The van der Waals surface area contributed by atoms with Crippen molar-refractivity contribution in [2.75, 3.05) is 11.5 Å². The molecule has 0 aliphatic rings. The Labute approximate surface area is 170 Å². The Morgan fingerprint density at radius 1 is 1.19 bits per heavy atom. The molecule has 0 atom stereocenters. The summed E-state index contributed by atoms with van der Waals surface area (Å²) < 4.78 is 13.8. The molecular weight excluding hydrogens is 467 g/mol. The number of ether oxygens (including phenoxy) is 2. The van der Waals surface area contributed by atoms with E-state index in [0.717, 1.165) is 10.8 Å². The molecule has 1 heterocycles. The van der Waals surface area contributed by atoms with Crippen LogP contribution in [0.2, 0.25) is 5.02 Å². The summed E-state index contributed by atoms with van der Waals surface area (Å²) in [5, 5.41) is 1.19. The second-order valence-electron chi connectivity index (χ2n) is 5.63. The third-order valence-electron chi connectivity index (χ3n) is 3.94. The smallest absolute Gasteiger partial charge is 0.261 e. The van der Waals surface area contributed by atoms with E-state index < -0.39 is 0 Å². The number of rotatable bonds is 7. The topological polar surface area (TPSA) is 53.4 Å². The lowest BCUT2D eigenvalue weighted by atomic mass is 10.2. The molecular formula is C19H18ClIN2O3. The number of halogens is 2. The van der Waals surface area contributed by atoms with Crippen LogP contribution in [0.25, 0.3) is 10.9 Å². The molecule has 0 aliphatic carbocycles. The van der Waals surface area contributed by atoms with Crippen LogP contribution in [0.5, 0.6) is 11.5 Å². The normalized spacial score (nSPS) is 10.9. The van der Waals surface area contributed by atoms with Gasteiger partial charge in [0.15, 0.2) is 0 Å². The summed E-state index contributed by atoms with van der Waals surface area (Å²) in [6.45, 7) is 0.785. The average molecular weight is 485 g/mol. The molecule has 0 saturated carbocycles. The van der Waals surface area contributed by atoms with Crippen molar-refractivity contribution in [3.05, 3.63) is 63.7 Å². The molecule has 2 aromatic carbocycles. The number of fused-ring (bicyclic) bond motifs is 1. The molecule has 0 unspecified atom stereocenters. The quantitative estimate of drug-likeness (QED) is 0.367. The van der Waals surface area contributed by atoms with Gasteiger partial charge >= 0.3 is 0 Å². The molecule has 0 radical (unpaired) electrons. The van der Waals surface area contributed by atoms with E-state index in [0.29, 0.717) is 39.8 Å². The Bertz CT molecular complexity index is 957. The predicted octanol–water partition coefficient (Wildman–Crippen LogP) is 4.46. The zero-order valence-electron chi connectivity index (χ0n) is 14.2. The number of hydrogen-bond donors (Lipinski definition) is 0. The van der Waals surface area contributed by atoms with Gasteiger partial charge in [-0.2, -0.15) is 0 Å². The lowest BCUT2D eigenvalue weighted by Crippen LogP contribution is -2.27. The van der Waals surface area contributed by atoms with Gasteiger partial charge in [-0.25, -0.2) is 4.98 Å². The van der Waals surface area contributed by atoms with Crippen LogP contribution in [0.1, 0.15) is 12.2 Å². The van der Waals surface area contributed by atoms with E-state index >= 15 is 0 Å². The Balaban J connectivity index is 2.02. The highest BCUT2D eigenvalue weighted by molar-refractivity contribution is 14.1. The maximum atomic E-state index is 13.0. The molecule has 3 aromatic rings. The van der Waals surface area contributed by atoms with Gasteiger partial charge in [0.2, 0.25) is 0 Å². The van der Waals surface area contributed by atoms with E-state index in [2.05, 4.69) is 27.6 Å². The monoisotopic (exact) mass is 484 g/mol. The minimum Gasteiger partial charge on any atom is -0.494 e. The Kier molecular flexibility index (Phi) is 6.37. The van der Waals surface area contributed by atoms with E-state index in [4.69, 9.17) is 21.1 Å². The number of para-hydroxylation sites is 1. The molecule has 136 valence electrons. The first-order valence-electron chi connectivity index (χ1n) is 8.15. The summed E-state index contributed by atoms with van der Waals surface area (Å²) in [6.07, 6.45) is 0.881. The van der Waals surface area contributed by atoms with Gasteiger partial charge < -0.3 is 9.47 Å². The van der Waals surface area contributed by atoms with Gasteiger partial charge in [0.1, 0.15) is 29.4 Å². The Morgan fingerprint density at radius 2 is 1.96 bits per heavy atom. The van der Waals surface area contributed by atoms with Gasteiger partial charge in [-0.3, -0.25) is 9.36 Å². The second kappa shape index (κ2) is 8.73. The van der Waals surface area contributed by atoms with Crippen molar-refractivity contribution < 1.29 is 9.47 Å². The number of nitrogens with zero attached hydrogens (tertiary/aromatic N) is 2. The second-order valence-corrected chi connectivity index (χ2v) is 7.14. The van der Waals surface area contributed by atoms with Crippen LogP contribution in [-0.4, -0.2) is 21.1 Å². The van der Waals surface area contributed by atoms with E-state index in [-0.39, 0.29) is 12.2 Å². The molecule has 3 rings (SSSR count). The molecule has 0 aliphatic heterocycles. The Hall–Kier alpha value is -1.80. The van der Waals surface area contributed by atoms with Crippen molar-refractivity contribution in [3.63, 3.8) is 0 Å². The van der Waals surface area contributed by atoms with Crippen molar-refractivity contribution in [2.45, 2.75) is 19.6 Å². The van der Waals surface area contributed by atoms with Gasteiger partial charge in [-0.15, -0.1) is 0 Å². The summed E-state index contributed by atoms with van der Waals surface area (Å²) in [7, 11) is 1.57. The molecule has 0 fully saturated rings. The van der Waals surface area contributed by atoms with Crippen molar-refractivity contribution >= 4 is 45.1 Å². The lowest BCUT2D eigenvalue weighted by Gasteiger charge is -2.15. The van der Waals surface area contributed by atoms with Crippen LogP contribution in [0, 0.1) is 0 Å². The van der Waals surface area contributed by atoms with Crippen LogP contribution in [-0.2, 0) is 13.2 Å². The van der Waals surface area contributed by atoms with Crippen LogP contribution in [0.4, 0.5) is 0 Å². The minimum atomic E-state index is -0.0755. The van der Waals surface area contributed by atoms with Crippen LogP contribution < -0.4 is 15.0 Å². The van der Waals surface area contributed by atoms with Crippen molar-refractivity contribution in [3.8, 4) is 11.5 Å². The van der Waals surface area contributed by atoms with Gasteiger partial charge in [-0.05, 0) is 42.8 Å². The summed E-state index contributed by atoms with van der Waals surface area (Å²) in [5.41, 5.74) is 0.480. The lowest BCUT2D eigenvalue weighted by molar-refractivity contribution is 0.286. The van der Waals surface area contributed by atoms with Crippen LogP contribution in [0.3, 0.4) is 0 Å². The molecule has 0 N–H and O–H groups in total. The highest BCUT2D eigenvalue weighted by Crippen LogP contribution is 2.22. The highest BCUT2D eigenvalue weighted by Gasteiger charge is 2.14. The van der Waals surface area contributed by atoms with Crippen molar-refractivity contribution in [1.29, 1.82) is 0 Å². The van der Waals surface area contributed by atoms with Gasteiger partial charge in [0.05, 0.1) is 12.5 Å². The molecule has 7 heteroatoms. The highest BCUT2D eigenvalue weighted by atomic mass is 127. The fraction of sp³-hybridized carbons (Fsp3) is 0.263. The maximum absolute atomic E-state index is 13.0. The Morgan fingerprint density at radius 3 is 2.65 bits per heavy atom.